The molecule has 0 atom stereocenters. The van der Waals surface area contributed by atoms with Crippen LogP contribution in [0.4, 0.5) is 0 Å². The summed E-state index contributed by atoms with van der Waals surface area (Å²) in [6, 6.07) is 7.71. The first-order valence-corrected chi connectivity index (χ1v) is 7.52. The summed E-state index contributed by atoms with van der Waals surface area (Å²) in [6.07, 6.45) is 0. The molecule has 1 aliphatic heterocycles. The van der Waals surface area contributed by atoms with E-state index in [2.05, 4.69) is 18.5 Å². The Bertz CT molecular complexity index is 357. The van der Waals surface area contributed by atoms with Gasteiger partial charge in [0.25, 0.3) is 0 Å². The largest absolute Gasteiger partial charge is 0.595 e. The van der Waals surface area contributed by atoms with Crippen molar-refractivity contribution in [3.8, 4) is 11.5 Å². The number of benzene rings is 1. The molecule has 94 valence electrons. The second-order valence-electron chi connectivity index (χ2n) is 3.65. The molecule has 0 spiro atoms. The van der Waals surface area contributed by atoms with Crippen molar-refractivity contribution in [3.05, 3.63) is 24.3 Å². The van der Waals surface area contributed by atoms with Gasteiger partial charge >= 0.3 is 8.09 Å². The van der Waals surface area contributed by atoms with Crippen LogP contribution in [0.15, 0.2) is 24.3 Å². The minimum Gasteiger partial charge on any atom is -0.259 e. The van der Waals surface area contributed by atoms with Crippen molar-refractivity contribution < 1.29 is 13.6 Å². The maximum Gasteiger partial charge on any atom is 0.595 e. The second kappa shape index (κ2) is 5.21. The van der Waals surface area contributed by atoms with E-state index in [-0.39, 0.29) is 0 Å². The van der Waals surface area contributed by atoms with Crippen LogP contribution in [0.5, 0.6) is 11.5 Å². The van der Waals surface area contributed by atoms with E-state index < -0.39 is 8.09 Å². The third-order valence-corrected chi connectivity index (χ3v) is 5.34. The Morgan fingerprint density at radius 1 is 1.06 bits per heavy atom. The van der Waals surface area contributed by atoms with Gasteiger partial charge in [0.2, 0.25) is 11.5 Å². The van der Waals surface area contributed by atoms with Crippen LogP contribution >= 0.6 is 8.09 Å². The predicted molar refractivity (Wildman–Crippen MR) is 69.2 cm³/mol. The van der Waals surface area contributed by atoms with Crippen molar-refractivity contribution in [1.82, 2.24) is 4.67 Å². The molecule has 0 radical (unpaired) electrons. The molecule has 0 fully saturated rings. The molecule has 0 amide bonds. The van der Waals surface area contributed by atoms with E-state index in [0.29, 0.717) is 6.61 Å². The number of rotatable bonds is 5. The SMILES string of the molecule is CCO[P+]1(N(CC)CC)Oc2ccccc2O1. The van der Waals surface area contributed by atoms with Gasteiger partial charge in [0.1, 0.15) is 0 Å². The highest BCUT2D eigenvalue weighted by molar-refractivity contribution is 7.60. The molecule has 5 heteroatoms. The van der Waals surface area contributed by atoms with E-state index in [9.17, 15) is 0 Å². The highest BCUT2D eigenvalue weighted by Gasteiger charge is 2.59. The molecule has 1 heterocycles. The third kappa shape index (κ3) is 2.25. The Labute approximate surface area is 103 Å². The summed E-state index contributed by atoms with van der Waals surface area (Å²) in [7, 11) is -2.41. The predicted octanol–water partition coefficient (Wildman–Crippen LogP) is 3.51. The smallest absolute Gasteiger partial charge is 0.259 e. The quantitative estimate of drug-likeness (QED) is 0.754. The Morgan fingerprint density at radius 2 is 1.59 bits per heavy atom. The van der Waals surface area contributed by atoms with Crippen LogP contribution in [-0.2, 0) is 4.52 Å². The molecule has 0 aromatic heterocycles. The zero-order chi connectivity index (χ0) is 12.3. The lowest BCUT2D eigenvalue weighted by Crippen LogP contribution is -2.29. The maximum absolute atomic E-state index is 5.97. The van der Waals surface area contributed by atoms with E-state index in [4.69, 9.17) is 13.6 Å². The van der Waals surface area contributed by atoms with Crippen molar-refractivity contribution in [2.75, 3.05) is 19.7 Å². The van der Waals surface area contributed by atoms with Gasteiger partial charge in [-0.05, 0) is 32.9 Å². The highest BCUT2D eigenvalue weighted by Crippen LogP contribution is 2.69. The van der Waals surface area contributed by atoms with Gasteiger partial charge in [-0.25, -0.2) is 0 Å². The van der Waals surface area contributed by atoms with Crippen LogP contribution in [0.3, 0.4) is 0 Å². The Morgan fingerprint density at radius 3 is 2.00 bits per heavy atom. The number of hydrogen-bond acceptors (Lipinski definition) is 4. The van der Waals surface area contributed by atoms with Crippen LogP contribution < -0.4 is 9.05 Å². The van der Waals surface area contributed by atoms with Gasteiger partial charge in [-0.15, -0.1) is 4.52 Å². The third-order valence-electron chi connectivity index (χ3n) is 2.65. The van der Waals surface area contributed by atoms with Gasteiger partial charge in [-0.3, -0.25) is 9.05 Å². The lowest BCUT2D eigenvalue weighted by molar-refractivity contribution is 0.213. The minimum absolute atomic E-state index is 0.582. The van der Waals surface area contributed by atoms with Gasteiger partial charge in [-0.2, -0.15) is 0 Å². The number of nitrogens with zero attached hydrogens (tertiary/aromatic N) is 1. The van der Waals surface area contributed by atoms with Gasteiger partial charge in [0.15, 0.2) is 0 Å². The molecular formula is C12H19NO3P+. The summed E-state index contributed by atoms with van der Waals surface area (Å²) in [5, 5.41) is 0. The topological polar surface area (TPSA) is 30.9 Å². The molecule has 1 aromatic carbocycles. The minimum atomic E-state index is -2.41. The van der Waals surface area contributed by atoms with E-state index in [0.717, 1.165) is 24.6 Å². The molecule has 17 heavy (non-hydrogen) atoms. The maximum atomic E-state index is 5.97. The van der Waals surface area contributed by atoms with Crippen molar-refractivity contribution >= 4 is 8.09 Å². The molecule has 0 N–H and O–H groups in total. The zero-order valence-corrected chi connectivity index (χ0v) is 11.4. The molecule has 1 aromatic rings. The Balaban J connectivity index is 2.28. The van der Waals surface area contributed by atoms with Crippen LogP contribution in [0.1, 0.15) is 20.8 Å². The molecular weight excluding hydrogens is 237 g/mol. The van der Waals surface area contributed by atoms with Crippen LogP contribution in [-0.4, -0.2) is 24.4 Å². The molecule has 0 aliphatic carbocycles. The van der Waals surface area contributed by atoms with Crippen molar-refractivity contribution in [2.24, 2.45) is 0 Å². The first-order valence-electron chi connectivity index (χ1n) is 6.03. The van der Waals surface area contributed by atoms with Gasteiger partial charge in [0, 0.05) is 13.1 Å². The van der Waals surface area contributed by atoms with Gasteiger partial charge in [-0.1, -0.05) is 16.8 Å². The molecule has 2 rings (SSSR count). The van der Waals surface area contributed by atoms with Crippen molar-refractivity contribution in [3.63, 3.8) is 0 Å². The van der Waals surface area contributed by atoms with Crippen LogP contribution in [0.2, 0.25) is 0 Å². The number of hydrogen-bond donors (Lipinski definition) is 0. The van der Waals surface area contributed by atoms with Crippen molar-refractivity contribution in [2.45, 2.75) is 20.8 Å². The Kier molecular flexibility index (Phi) is 3.87. The van der Waals surface area contributed by atoms with Gasteiger partial charge in [0.05, 0.1) is 6.61 Å². The first-order chi connectivity index (χ1) is 8.25. The normalized spacial score (nSPS) is 16.5. The summed E-state index contributed by atoms with van der Waals surface area (Å²) in [6.45, 7) is 8.40. The second-order valence-corrected chi connectivity index (χ2v) is 5.78. The summed E-state index contributed by atoms with van der Waals surface area (Å²) < 4.78 is 19.9. The van der Waals surface area contributed by atoms with Gasteiger partial charge < -0.3 is 0 Å². The molecule has 1 aliphatic rings. The lowest BCUT2D eigenvalue weighted by atomic mass is 10.3. The van der Waals surface area contributed by atoms with Crippen LogP contribution in [0, 0.1) is 0 Å². The molecule has 4 nitrogen and oxygen atoms in total. The van der Waals surface area contributed by atoms with E-state index in [1.807, 2.05) is 31.2 Å². The fraction of sp³-hybridized carbons (Fsp3) is 0.500. The standard InChI is InChI=1S/C12H19NO3P/c1-4-13(5-2)17(14-6-3)15-11-9-7-8-10-12(11)16-17/h7-10H,4-6H2,1-3H3/q+1. The average Bonchev–Trinajstić information content (AvgIpc) is 2.69. The number of fused-ring (bicyclic) bond motifs is 1. The molecule has 0 saturated carbocycles. The number of para-hydroxylation sites is 2. The summed E-state index contributed by atoms with van der Waals surface area (Å²) >= 11 is 0. The lowest BCUT2D eigenvalue weighted by Gasteiger charge is -2.23. The summed E-state index contributed by atoms with van der Waals surface area (Å²) in [4.78, 5) is 0. The fourth-order valence-electron chi connectivity index (χ4n) is 1.85. The van der Waals surface area contributed by atoms with E-state index in [1.165, 1.54) is 0 Å². The highest BCUT2D eigenvalue weighted by atomic mass is 31.2. The summed E-state index contributed by atoms with van der Waals surface area (Å²) in [5.41, 5.74) is 0. The zero-order valence-electron chi connectivity index (χ0n) is 10.5. The molecule has 0 bridgehead atoms. The molecule has 0 saturated heterocycles. The Hall–Kier alpha value is -0.830. The molecule has 0 unspecified atom stereocenters. The van der Waals surface area contributed by atoms with E-state index >= 15 is 0 Å². The average molecular weight is 256 g/mol. The van der Waals surface area contributed by atoms with Crippen LogP contribution in [0.25, 0.3) is 0 Å². The van der Waals surface area contributed by atoms with Crippen molar-refractivity contribution in [1.29, 1.82) is 0 Å². The van der Waals surface area contributed by atoms with E-state index in [1.54, 1.807) is 0 Å². The monoisotopic (exact) mass is 256 g/mol. The first kappa shape index (κ1) is 12.6. The fourth-order valence-corrected chi connectivity index (χ4v) is 4.21. The summed E-state index contributed by atoms with van der Waals surface area (Å²) in [5.74, 6) is 1.56.